The summed E-state index contributed by atoms with van der Waals surface area (Å²) < 4.78 is 29.3. The number of nitrogens with one attached hydrogen (secondary N) is 1. The van der Waals surface area contributed by atoms with Crippen molar-refractivity contribution in [1.82, 2.24) is 10.2 Å². The molecule has 0 saturated heterocycles. The van der Waals surface area contributed by atoms with Gasteiger partial charge < -0.3 is 10.2 Å². The molecule has 0 aliphatic rings. The molecule has 0 bridgehead atoms. The van der Waals surface area contributed by atoms with Crippen molar-refractivity contribution in [3.8, 4) is 0 Å². The summed E-state index contributed by atoms with van der Waals surface area (Å²) in [5, 5.41) is 3.53. The summed E-state index contributed by atoms with van der Waals surface area (Å²) >= 11 is 12.7. The first-order valence-electron chi connectivity index (χ1n) is 13.6. The van der Waals surface area contributed by atoms with E-state index in [1.165, 1.54) is 24.1 Å². The largest absolute Gasteiger partial charge is 0.357 e. The van der Waals surface area contributed by atoms with Crippen LogP contribution in [0.3, 0.4) is 0 Å². The maximum atomic E-state index is 14.4. The third-order valence-electron chi connectivity index (χ3n) is 7.13. The number of likely N-dealkylation sites (N-methyl/N-ethyl adjacent to an activating group) is 1. The molecule has 0 radical (unpaired) electrons. The molecule has 0 fully saturated rings. The second kappa shape index (κ2) is 14.1. The number of anilines is 1. The van der Waals surface area contributed by atoms with Crippen molar-refractivity contribution in [3.63, 3.8) is 0 Å². The van der Waals surface area contributed by atoms with E-state index in [-0.39, 0.29) is 23.8 Å². The van der Waals surface area contributed by atoms with Gasteiger partial charge in [-0.25, -0.2) is 8.42 Å². The van der Waals surface area contributed by atoms with E-state index in [9.17, 15) is 18.0 Å². The van der Waals surface area contributed by atoms with Crippen molar-refractivity contribution in [2.45, 2.75) is 37.8 Å². The first-order chi connectivity index (χ1) is 20.5. The normalized spacial score (nSPS) is 11.9. The Kier molecular flexibility index (Phi) is 10.5. The van der Waals surface area contributed by atoms with Crippen molar-refractivity contribution < 1.29 is 18.0 Å². The molecule has 7 nitrogen and oxygen atoms in total. The van der Waals surface area contributed by atoms with Crippen LogP contribution in [-0.4, -0.2) is 44.8 Å². The van der Waals surface area contributed by atoms with Gasteiger partial charge in [0.05, 0.1) is 10.6 Å². The van der Waals surface area contributed by atoms with Gasteiger partial charge in [0.2, 0.25) is 11.8 Å². The van der Waals surface area contributed by atoms with Gasteiger partial charge in [-0.2, -0.15) is 0 Å². The zero-order chi connectivity index (χ0) is 31.1. The van der Waals surface area contributed by atoms with Gasteiger partial charge in [0.15, 0.2) is 0 Å². The van der Waals surface area contributed by atoms with E-state index in [4.69, 9.17) is 23.2 Å². The highest BCUT2D eigenvalue weighted by molar-refractivity contribution is 7.92. The van der Waals surface area contributed by atoms with Gasteiger partial charge in [-0.05, 0) is 66.9 Å². The van der Waals surface area contributed by atoms with Gasteiger partial charge in [-0.3, -0.25) is 13.9 Å². The molecule has 4 aromatic carbocycles. The SMILES string of the molecule is CNC(=O)C(Cc1ccccc1)N(Cc1ccccc1Cl)C(=O)CN(c1ccc(Cl)cc1C)S(=O)(=O)c1ccc(C)cc1. The number of hydrogen-bond acceptors (Lipinski definition) is 4. The van der Waals surface area contributed by atoms with E-state index in [0.29, 0.717) is 26.9 Å². The molecule has 1 atom stereocenters. The van der Waals surface area contributed by atoms with Crippen LogP contribution < -0.4 is 9.62 Å². The van der Waals surface area contributed by atoms with Crippen LogP contribution in [0.2, 0.25) is 10.0 Å². The fourth-order valence-corrected chi connectivity index (χ4v) is 6.68. The minimum Gasteiger partial charge on any atom is -0.357 e. The van der Waals surface area contributed by atoms with Crippen LogP contribution in [-0.2, 0) is 32.6 Å². The van der Waals surface area contributed by atoms with Crippen molar-refractivity contribution in [1.29, 1.82) is 0 Å². The standard InChI is InChI=1S/C33H33Cl2N3O4S/c1-23-13-16-28(17-14-23)43(41,42)38(30-18-15-27(34)19-24(30)2)22-32(39)37(21-26-11-7-8-12-29(26)35)31(33(40)36-3)20-25-9-5-4-6-10-25/h4-19,31H,20-22H2,1-3H3,(H,36,40). The maximum Gasteiger partial charge on any atom is 0.264 e. The number of amides is 2. The number of carbonyl (C=O) groups excluding carboxylic acids is 2. The predicted octanol–water partition coefficient (Wildman–Crippen LogP) is 6.19. The van der Waals surface area contributed by atoms with E-state index in [1.54, 1.807) is 61.5 Å². The van der Waals surface area contributed by atoms with Crippen LogP contribution in [0.1, 0.15) is 22.3 Å². The summed E-state index contributed by atoms with van der Waals surface area (Å²) in [6.07, 6.45) is 0.210. The number of sulfonamides is 1. The molecule has 1 N–H and O–H groups in total. The highest BCUT2D eigenvalue weighted by Crippen LogP contribution is 2.30. The van der Waals surface area contributed by atoms with Crippen LogP contribution >= 0.6 is 23.2 Å². The predicted molar refractivity (Wildman–Crippen MR) is 172 cm³/mol. The second-order valence-corrected chi connectivity index (χ2v) is 12.9. The summed E-state index contributed by atoms with van der Waals surface area (Å²) in [5.41, 5.74) is 3.22. The summed E-state index contributed by atoms with van der Waals surface area (Å²) in [7, 11) is -2.71. The minimum absolute atomic E-state index is 0.0125. The van der Waals surface area contributed by atoms with Crippen molar-refractivity contribution in [2.24, 2.45) is 0 Å². The minimum atomic E-state index is -4.21. The average Bonchev–Trinajstić information content (AvgIpc) is 2.99. The van der Waals surface area contributed by atoms with Crippen LogP contribution in [0.15, 0.2) is 102 Å². The highest BCUT2D eigenvalue weighted by Gasteiger charge is 2.35. The van der Waals surface area contributed by atoms with Gasteiger partial charge in [0, 0.05) is 30.1 Å². The number of carbonyl (C=O) groups is 2. The molecule has 4 aromatic rings. The van der Waals surface area contributed by atoms with Gasteiger partial charge >= 0.3 is 0 Å². The molecule has 2 amide bonds. The summed E-state index contributed by atoms with van der Waals surface area (Å²) in [6, 6.07) is 26.7. The average molecular weight is 639 g/mol. The zero-order valence-electron chi connectivity index (χ0n) is 24.1. The molecule has 0 aromatic heterocycles. The number of benzene rings is 4. The van der Waals surface area contributed by atoms with Gasteiger partial charge in [-0.1, -0.05) is 89.4 Å². The Morgan fingerprint density at radius 2 is 1.51 bits per heavy atom. The van der Waals surface area contributed by atoms with Gasteiger partial charge in [0.1, 0.15) is 12.6 Å². The summed E-state index contributed by atoms with van der Waals surface area (Å²) in [4.78, 5) is 29.2. The monoisotopic (exact) mass is 637 g/mol. The van der Waals surface area contributed by atoms with Crippen molar-refractivity contribution >= 4 is 50.7 Å². The Labute approximate surface area is 263 Å². The molecule has 224 valence electrons. The third kappa shape index (κ3) is 7.76. The first-order valence-corrected chi connectivity index (χ1v) is 15.8. The van der Waals surface area contributed by atoms with Gasteiger partial charge in [0.25, 0.3) is 10.0 Å². The summed E-state index contributed by atoms with van der Waals surface area (Å²) in [5.74, 6) is -0.964. The van der Waals surface area contributed by atoms with E-state index in [2.05, 4.69) is 5.32 Å². The number of halogens is 2. The lowest BCUT2D eigenvalue weighted by Crippen LogP contribution is -2.53. The lowest BCUT2D eigenvalue weighted by Gasteiger charge is -2.34. The molecule has 43 heavy (non-hydrogen) atoms. The van der Waals surface area contributed by atoms with Crippen LogP contribution in [0.25, 0.3) is 0 Å². The van der Waals surface area contributed by atoms with E-state index in [0.717, 1.165) is 15.4 Å². The van der Waals surface area contributed by atoms with Gasteiger partial charge in [-0.15, -0.1) is 0 Å². The molecule has 10 heteroatoms. The van der Waals surface area contributed by atoms with Crippen LogP contribution in [0.4, 0.5) is 5.69 Å². The molecule has 0 aliphatic heterocycles. The van der Waals surface area contributed by atoms with E-state index < -0.39 is 28.5 Å². The lowest BCUT2D eigenvalue weighted by molar-refractivity contribution is -0.139. The fourth-order valence-electron chi connectivity index (χ4n) is 4.78. The third-order valence-corrected chi connectivity index (χ3v) is 9.51. The summed E-state index contributed by atoms with van der Waals surface area (Å²) in [6.45, 7) is 3.01. The number of hydrogen-bond donors (Lipinski definition) is 1. The second-order valence-electron chi connectivity index (χ2n) is 10.2. The topological polar surface area (TPSA) is 86.8 Å². The Hall–Kier alpha value is -3.85. The Balaban J connectivity index is 1.82. The quantitative estimate of drug-likeness (QED) is 0.212. The first kappa shape index (κ1) is 32.1. The van der Waals surface area contributed by atoms with Crippen molar-refractivity contribution in [3.05, 3.63) is 129 Å². The fraction of sp³-hybridized carbons (Fsp3) is 0.212. The molecule has 0 spiro atoms. The number of rotatable bonds is 11. The Morgan fingerprint density at radius 1 is 0.860 bits per heavy atom. The molecule has 0 saturated carbocycles. The number of aryl methyl sites for hydroxylation is 2. The Bertz CT molecular complexity index is 1700. The van der Waals surface area contributed by atoms with Crippen LogP contribution in [0.5, 0.6) is 0 Å². The molecule has 1 unspecified atom stereocenters. The van der Waals surface area contributed by atoms with Crippen molar-refractivity contribution in [2.75, 3.05) is 17.9 Å². The lowest BCUT2D eigenvalue weighted by atomic mass is 10.0. The zero-order valence-corrected chi connectivity index (χ0v) is 26.5. The maximum absolute atomic E-state index is 14.4. The molecule has 0 heterocycles. The smallest absolute Gasteiger partial charge is 0.264 e. The molecule has 4 rings (SSSR count). The molecular formula is C33H33Cl2N3O4S. The number of nitrogens with zero attached hydrogens (tertiary/aromatic N) is 2. The van der Waals surface area contributed by atoms with Crippen LogP contribution in [0, 0.1) is 13.8 Å². The van der Waals surface area contributed by atoms with E-state index >= 15 is 0 Å². The highest BCUT2D eigenvalue weighted by atomic mass is 35.5. The Morgan fingerprint density at radius 3 is 2.14 bits per heavy atom. The molecular weight excluding hydrogens is 605 g/mol. The van der Waals surface area contributed by atoms with E-state index in [1.807, 2.05) is 37.3 Å². The molecule has 0 aliphatic carbocycles.